The van der Waals surface area contributed by atoms with Gasteiger partial charge in [0.25, 0.3) is 0 Å². The number of carbonyl (C=O) groups is 2. The lowest BCUT2D eigenvalue weighted by Crippen LogP contribution is -2.47. The number of rotatable bonds is 2. The molecule has 0 saturated carbocycles. The highest BCUT2D eigenvalue weighted by Crippen LogP contribution is 2.34. The summed E-state index contributed by atoms with van der Waals surface area (Å²) in [6.07, 6.45) is -0.780. The molecule has 8 nitrogen and oxygen atoms in total. The number of aromatic nitrogens is 1. The number of ether oxygens (including phenoxy) is 3. The largest absolute Gasteiger partial charge is 0.458 e. The van der Waals surface area contributed by atoms with Gasteiger partial charge in [-0.1, -0.05) is 20.8 Å². The van der Waals surface area contributed by atoms with Crippen LogP contribution in [0.1, 0.15) is 64.6 Å². The molecule has 0 spiro atoms. The van der Waals surface area contributed by atoms with Gasteiger partial charge >= 0.3 is 5.97 Å². The minimum absolute atomic E-state index is 0.0173. The van der Waals surface area contributed by atoms with E-state index in [1.54, 1.807) is 39.0 Å². The molecule has 0 radical (unpaired) electrons. The number of thiazole rings is 1. The molecule has 0 aliphatic carbocycles. The van der Waals surface area contributed by atoms with E-state index in [0.29, 0.717) is 19.4 Å². The Bertz CT molecular complexity index is 911. The monoisotopic (exact) mass is 495 g/mol. The van der Waals surface area contributed by atoms with Crippen LogP contribution in [-0.4, -0.2) is 70.2 Å². The summed E-state index contributed by atoms with van der Waals surface area (Å²) in [6, 6.07) is 0. The molecule has 2 fully saturated rings. The number of aryl methyl sites for hydroxylation is 1. The van der Waals surface area contributed by atoms with E-state index in [1.807, 2.05) is 25.3 Å². The molecule has 0 bridgehead atoms. The van der Waals surface area contributed by atoms with Crippen LogP contribution in [0.2, 0.25) is 0 Å². The standard InChI is InChI=1S/C25H37NO7S/c1-13(9-17-12-34-16(4)26-17)19-10-20-18(32-20)7-8-31-15(3)23(29)14(2)24(30)25(5,6)21(27)11-22(28)33-19/h9,12,14-15,18-21,23,27,29H,7-8,10-11H2,1-6H3. The van der Waals surface area contributed by atoms with Crippen molar-refractivity contribution in [1.82, 2.24) is 4.98 Å². The molecule has 3 heterocycles. The van der Waals surface area contributed by atoms with Crippen molar-refractivity contribution in [3.05, 3.63) is 21.7 Å². The number of aliphatic hydroxyl groups excluding tert-OH is 2. The normalized spacial score (nSPS) is 36.0. The highest BCUT2D eigenvalue weighted by molar-refractivity contribution is 7.09. The first-order valence-electron chi connectivity index (χ1n) is 11.9. The Morgan fingerprint density at radius 3 is 2.59 bits per heavy atom. The van der Waals surface area contributed by atoms with E-state index in [4.69, 9.17) is 14.2 Å². The molecule has 3 rings (SSSR count). The summed E-state index contributed by atoms with van der Waals surface area (Å²) in [4.78, 5) is 30.4. The zero-order valence-electron chi connectivity index (χ0n) is 20.8. The predicted molar refractivity (Wildman–Crippen MR) is 128 cm³/mol. The van der Waals surface area contributed by atoms with Crippen LogP contribution in [-0.2, 0) is 23.8 Å². The molecule has 0 aromatic carbocycles. The Hall–Kier alpha value is -1.65. The maximum atomic E-state index is 13.1. The van der Waals surface area contributed by atoms with Gasteiger partial charge in [0.05, 0.1) is 53.1 Å². The third-order valence-electron chi connectivity index (χ3n) is 6.95. The number of Topliss-reactive ketones (excluding diaryl/α,β-unsaturated/α-hetero) is 1. The van der Waals surface area contributed by atoms with Gasteiger partial charge in [-0.2, -0.15) is 0 Å². The summed E-state index contributed by atoms with van der Waals surface area (Å²) in [5.41, 5.74) is 0.387. The molecule has 1 aromatic heterocycles. The number of epoxide rings is 1. The van der Waals surface area contributed by atoms with Gasteiger partial charge in [-0.15, -0.1) is 11.3 Å². The van der Waals surface area contributed by atoms with Crippen molar-refractivity contribution in [2.45, 2.75) is 97.4 Å². The fraction of sp³-hybridized carbons (Fsp3) is 0.720. The SMILES string of the molecule is CC(=Cc1csc(C)n1)C1CC2OC2CCOC(C)C(O)C(C)C(=O)C(C)(C)C(O)CC(=O)O1. The first-order valence-corrected chi connectivity index (χ1v) is 12.8. The number of nitrogens with zero attached hydrogens (tertiary/aromatic N) is 1. The lowest BCUT2D eigenvalue weighted by Gasteiger charge is -2.34. The fourth-order valence-electron chi connectivity index (χ4n) is 4.35. The van der Waals surface area contributed by atoms with Crippen molar-refractivity contribution in [2.24, 2.45) is 11.3 Å². The Balaban J connectivity index is 1.81. The average molecular weight is 496 g/mol. The van der Waals surface area contributed by atoms with E-state index in [9.17, 15) is 19.8 Å². The van der Waals surface area contributed by atoms with E-state index in [0.717, 1.165) is 16.3 Å². The smallest absolute Gasteiger partial charge is 0.309 e. The molecule has 0 amide bonds. The Morgan fingerprint density at radius 2 is 1.94 bits per heavy atom. The summed E-state index contributed by atoms with van der Waals surface area (Å²) in [5, 5.41) is 24.3. The van der Waals surface area contributed by atoms with E-state index in [2.05, 4.69) is 4.98 Å². The second kappa shape index (κ2) is 11.0. The van der Waals surface area contributed by atoms with Crippen LogP contribution in [0.5, 0.6) is 0 Å². The van der Waals surface area contributed by atoms with Crippen molar-refractivity contribution < 1.29 is 34.0 Å². The number of ketones is 1. The number of hydrogen-bond donors (Lipinski definition) is 2. The van der Waals surface area contributed by atoms with Crippen LogP contribution in [0.3, 0.4) is 0 Å². The Morgan fingerprint density at radius 1 is 1.24 bits per heavy atom. The molecule has 7 unspecified atom stereocenters. The number of aliphatic hydroxyl groups is 2. The van der Waals surface area contributed by atoms with Crippen LogP contribution in [0.4, 0.5) is 0 Å². The van der Waals surface area contributed by atoms with Gasteiger partial charge in [0.15, 0.2) is 0 Å². The number of carbonyl (C=O) groups excluding carboxylic acids is 2. The molecule has 2 saturated heterocycles. The number of cyclic esters (lactones) is 1. The highest BCUT2D eigenvalue weighted by atomic mass is 32.1. The lowest BCUT2D eigenvalue weighted by atomic mass is 9.74. The summed E-state index contributed by atoms with van der Waals surface area (Å²) >= 11 is 1.54. The van der Waals surface area contributed by atoms with Crippen molar-refractivity contribution in [3.8, 4) is 0 Å². The molecule has 2 aliphatic rings. The molecular formula is C25H37NO7S. The molecule has 1 aromatic rings. The molecule has 7 atom stereocenters. The summed E-state index contributed by atoms with van der Waals surface area (Å²) in [7, 11) is 0. The van der Waals surface area contributed by atoms with Gasteiger partial charge < -0.3 is 24.4 Å². The molecule has 190 valence electrons. The van der Waals surface area contributed by atoms with Crippen LogP contribution >= 0.6 is 11.3 Å². The second-order valence-electron chi connectivity index (χ2n) is 10.1. The van der Waals surface area contributed by atoms with Crippen LogP contribution in [0, 0.1) is 18.3 Å². The van der Waals surface area contributed by atoms with Crippen LogP contribution in [0.15, 0.2) is 11.0 Å². The predicted octanol–water partition coefficient (Wildman–Crippen LogP) is 3.08. The summed E-state index contributed by atoms with van der Waals surface area (Å²) in [6.45, 7) is 10.7. The summed E-state index contributed by atoms with van der Waals surface area (Å²) < 4.78 is 17.4. The molecule has 2 N–H and O–H groups in total. The van der Waals surface area contributed by atoms with Gasteiger partial charge in [-0.25, -0.2) is 4.98 Å². The molecule has 9 heteroatoms. The third-order valence-corrected chi connectivity index (χ3v) is 7.74. The van der Waals surface area contributed by atoms with Crippen molar-refractivity contribution in [3.63, 3.8) is 0 Å². The lowest BCUT2D eigenvalue weighted by molar-refractivity contribution is -0.155. The molecule has 34 heavy (non-hydrogen) atoms. The minimum Gasteiger partial charge on any atom is -0.458 e. The van der Waals surface area contributed by atoms with E-state index in [-0.39, 0.29) is 24.4 Å². The van der Waals surface area contributed by atoms with Gasteiger partial charge in [0, 0.05) is 24.3 Å². The number of hydrogen-bond acceptors (Lipinski definition) is 9. The van der Waals surface area contributed by atoms with E-state index >= 15 is 0 Å². The van der Waals surface area contributed by atoms with Gasteiger partial charge in [0.2, 0.25) is 0 Å². The molecular weight excluding hydrogens is 458 g/mol. The van der Waals surface area contributed by atoms with Gasteiger partial charge in [-0.05, 0) is 38.8 Å². The quantitative estimate of drug-likeness (QED) is 0.475. The van der Waals surface area contributed by atoms with Crippen molar-refractivity contribution in [1.29, 1.82) is 0 Å². The minimum atomic E-state index is -1.26. The first kappa shape index (κ1) is 26.9. The zero-order chi connectivity index (χ0) is 25.2. The zero-order valence-corrected chi connectivity index (χ0v) is 21.6. The van der Waals surface area contributed by atoms with Crippen LogP contribution in [0.25, 0.3) is 6.08 Å². The fourth-order valence-corrected chi connectivity index (χ4v) is 4.92. The van der Waals surface area contributed by atoms with Crippen molar-refractivity contribution >= 4 is 29.2 Å². The molecule has 2 aliphatic heterocycles. The van der Waals surface area contributed by atoms with E-state index < -0.39 is 41.7 Å². The Kier molecular flexibility index (Phi) is 8.68. The number of fused-ring (bicyclic) bond motifs is 1. The second-order valence-corrected chi connectivity index (χ2v) is 11.1. The highest BCUT2D eigenvalue weighted by Gasteiger charge is 2.44. The van der Waals surface area contributed by atoms with Crippen LogP contribution < -0.4 is 0 Å². The van der Waals surface area contributed by atoms with Gasteiger partial charge in [0.1, 0.15) is 11.9 Å². The maximum Gasteiger partial charge on any atom is 0.309 e. The number of esters is 1. The maximum absolute atomic E-state index is 13.1. The van der Waals surface area contributed by atoms with Crippen molar-refractivity contribution in [2.75, 3.05) is 6.61 Å². The van der Waals surface area contributed by atoms with Gasteiger partial charge in [-0.3, -0.25) is 9.59 Å². The average Bonchev–Trinajstić information content (AvgIpc) is 3.38. The third kappa shape index (κ3) is 6.51. The Labute approximate surface area is 205 Å². The van der Waals surface area contributed by atoms with E-state index in [1.165, 1.54) is 0 Å². The summed E-state index contributed by atoms with van der Waals surface area (Å²) in [5.74, 6) is -1.69. The topological polar surface area (TPSA) is 118 Å². The first-order chi connectivity index (χ1) is 15.9.